The van der Waals surface area contributed by atoms with Crippen LogP contribution >= 0.6 is 0 Å². The number of amides is 1. The van der Waals surface area contributed by atoms with Gasteiger partial charge in [-0.15, -0.1) is 6.58 Å². The van der Waals surface area contributed by atoms with Crippen LogP contribution in [0.5, 0.6) is 17.2 Å². The van der Waals surface area contributed by atoms with Crippen LogP contribution in [0.15, 0.2) is 79.4 Å². The summed E-state index contributed by atoms with van der Waals surface area (Å²) in [6.45, 7) is 3.88. The van der Waals surface area contributed by atoms with Gasteiger partial charge in [-0.25, -0.2) is 0 Å². The Morgan fingerprint density at radius 1 is 1.03 bits per heavy atom. The van der Waals surface area contributed by atoms with E-state index < -0.39 is 0 Å². The number of rotatable bonds is 10. The van der Waals surface area contributed by atoms with E-state index in [9.17, 15) is 4.79 Å². The van der Waals surface area contributed by atoms with Crippen LogP contribution in [0.1, 0.15) is 16.7 Å². The van der Waals surface area contributed by atoms with Crippen molar-refractivity contribution in [3.05, 3.63) is 96.1 Å². The first-order valence-electron chi connectivity index (χ1n) is 10.0. The van der Waals surface area contributed by atoms with Gasteiger partial charge in [0.2, 0.25) is 0 Å². The van der Waals surface area contributed by atoms with Gasteiger partial charge in [-0.1, -0.05) is 30.3 Å². The fraction of sp³-hybridized carbons (Fsp3) is 0.154. The number of methoxy groups -OCH3 is 1. The second-order valence-electron chi connectivity index (χ2n) is 6.94. The number of ether oxygens (including phenoxy) is 3. The van der Waals surface area contributed by atoms with Gasteiger partial charge in [-0.3, -0.25) is 4.79 Å². The van der Waals surface area contributed by atoms with Crippen molar-refractivity contribution in [2.75, 3.05) is 19.0 Å². The van der Waals surface area contributed by atoms with Gasteiger partial charge in [0.15, 0.2) is 18.1 Å². The van der Waals surface area contributed by atoms with E-state index >= 15 is 0 Å². The van der Waals surface area contributed by atoms with Crippen molar-refractivity contribution in [3.63, 3.8) is 0 Å². The van der Waals surface area contributed by atoms with E-state index in [0.717, 1.165) is 17.5 Å². The van der Waals surface area contributed by atoms with Crippen molar-refractivity contribution in [2.24, 2.45) is 0 Å². The van der Waals surface area contributed by atoms with Gasteiger partial charge in [-0.05, 0) is 53.9 Å². The standard InChI is InChI=1S/C26H24N2O4/c1-3-6-19-11-12-24(25(14-19)30-2)32-18-26(29)28-22-9-5-10-23(15-22)31-17-21-8-4-7-20(13-21)16-27/h3-5,7-15H,1,6,17-18H2,2H3,(H,28,29). The molecule has 0 radical (unpaired) electrons. The highest BCUT2D eigenvalue weighted by Crippen LogP contribution is 2.28. The van der Waals surface area contributed by atoms with Crippen LogP contribution in [-0.2, 0) is 17.8 Å². The van der Waals surface area contributed by atoms with Gasteiger partial charge < -0.3 is 19.5 Å². The number of allylic oxidation sites excluding steroid dienone is 1. The maximum absolute atomic E-state index is 12.4. The molecule has 0 saturated carbocycles. The molecule has 0 unspecified atom stereocenters. The van der Waals surface area contributed by atoms with Gasteiger partial charge in [0.1, 0.15) is 12.4 Å². The summed E-state index contributed by atoms with van der Waals surface area (Å²) in [7, 11) is 1.56. The van der Waals surface area contributed by atoms with Crippen molar-refractivity contribution in [2.45, 2.75) is 13.0 Å². The number of nitriles is 1. The number of carbonyl (C=O) groups is 1. The van der Waals surface area contributed by atoms with Crippen LogP contribution in [0.25, 0.3) is 0 Å². The summed E-state index contributed by atoms with van der Waals surface area (Å²) in [5, 5.41) is 11.8. The third kappa shape index (κ3) is 6.38. The Kier molecular flexibility index (Phi) is 7.88. The smallest absolute Gasteiger partial charge is 0.262 e. The normalized spacial score (nSPS) is 10.0. The molecule has 0 fully saturated rings. The Balaban J connectivity index is 1.55. The molecule has 6 heteroatoms. The quantitative estimate of drug-likeness (QED) is 0.465. The highest BCUT2D eigenvalue weighted by molar-refractivity contribution is 5.92. The average molecular weight is 428 g/mol. The molecule has 0 aromatic heterocycles. The van der Waals surface area contributed by atoms with Crippen LogP contribution in [0.2, 0.25) is 0 Å². The molecule has 0 atom stereocenters. The molecule has 3 aromatic carbocycles. The number of nitrogens with zero attached hydrogens (tertiary/aromatic N) is 1. The van der Waals surface area contributed by atoms with E-state index in [4.69, 9.17) is 19.5 Å². The van der Waals surface area contributed by atoms with Gasteiger partial charge in [0, 0.05) is 11.8 Å². The summed E-state index contributed by atoms with van der Waals surface area (Å²) in [4.78, 5) is 12.4. The summed E-state index contributed by atoms with van der Waals surface area (Å²) in [6.07, 6.45) is 2.53. The molecule has 0 aliphatic rings. The van der Waals surface area contributed by atoms with Crippen LogP contribution in [-0.4, -0.2) is 19.6 Å². The maximum atomic E-state index is 12.4. The van der Waals surface area contributed by atoms with E-state index in [1.54, 1.807) is 49.6 Å². The van der Waals surface area contributed by atoms with E-state index in [1.807, 2.05) is 30.3 Å². The number of hydrogen-bond acceptors (Lipinski definition) is 5. The molecule has 162 valence electrons. The Hall–Kier alpha value is -4.24. The molecular weight excluding hydrogens is 404 g/mol. The topological polar surface area (TPSA) is 80.6 Å². The van der Waals surface area contributed by atoms with Crippen molar-refractivity contribution < 1.29 is 19.0 Å². The Labute approximate surface area is 187 Å². The minimum Gasteiger partial charge on any atom is -0.493 e. The zero-order valence-electron chi connectivity index (χ0n) is 17.8. The first-order chi connectivity index (χ1) is 15.6. The largest absolute Gasteiger partial charge is 0.493 e. The summed E-state index contributed by atoms with van der Waals surface area (Å²) >= 11 is 0. The first-order valence-corrected chi connectivity index (χ1v) is 10.0. The van der Waals surface area contributed by atoms with Gasteiger partial charge in [-0.2, -0.15) is 5.26 Å². The zero-order chi connectivity index (χ0) is 22.8. The lowest BCUT2D eigenvalue weighted by atomic mass is 10.1. The van der Waals surface area contributed by atoms with E-state index in [1.165, 1.54) is 0 Å². The zero-order valence-corrected chi connectivity index (χ0v) is 17.8. The molecule has 3 aromatic rings. The lowest BCUT2D eigenvalue weighted by Crippen LogP contribution is -2.20. The second kappa shape index (κ2) is 11.2. The second-order valence-corrected chi connectivity index (χ2v) is 6.94. The molecule has 0 aliphatic carbocycles. The summed E-state index contributed by atoms with van der Waals surface area (Å²) < 4.78 is 16.8. The van der Waals surface area contributed by atoms with Crippen LogP contribution in [0, 0.1) is 11.3 Å². The number of nitrogens with one attached hydrogen (secondary N) is 1. The molecule has 32 heavy (non-hydrogen) atoms. The molecular formula is C26H24N2O4. The molecule has 0 heterocycles. The fourth-order valence-corrected chi connectivity index (χ4v) is 3.03. The summed E-state index contributed by atoms with van der Waals surface area (Å²) in [5.74, 6) is 1.35. The predicted molar refractivity (Wildman–Crippen MR) is 123 cm³/mol. The molecule has 0 saturated heterocycles. The molecule has 0 spiro atoms. The van der Waals surface area contributed by atoms with E-state index in [-0.39, 0.29) is 12.5 Å². The highest BCUT2D eigenvalue weighted by atomic mass is 16.5. The molecule has 6 nitrogen and oxygen atoms in total. The van der Waals surface area contributed by atoms with Crippen molar-refractivity contribution >= 4 is 11.6 Å². The fourth-order valence-electron chi connectivity index (χ4n) is 3.03. The lowest BCUT2D eigenvalue weighted by Gasteiger charge is -2.12. The maximum Gasteiger partial charge on any atom is 0.262 e. The van der Waals surface area contributed by atoms with Crippen LogP contribution < -0.4 is 19.5 Å². The summed E-state index contributed by atoms with van der Waals surface area (Å²) in [5.41, 5.74) is 3.11. The first kappa shape index (κ1) is 22.4. The minimum atomic E-state index is -0.305. The van der Waals surface area contributed by atoms with Crippen LogP contribution in [0.4, 0.5) is 5.69 Å². The number of carbonyl (C=O) groups excluding carboxylic acids is 1. The summed E-state index contributed by atoms with van der Waals surface area (Å²) in [6, 6.07) is 22.0. The van der Waals surface area contributed by atoms with Gasteiger partial charge in [0.25, 0.3) is 5.91 Å². The number of hydrogen-bond donors (Lipinski definition) is 1. The molecule has 3 rings (SSSR count). The molecule has 1 amide bonds. The SMILES string of the molecule is C=CCc1ccc(OCC(=O)Nc2cccc(OCc3cccc(C#N)c3)c2)c(OC)c1. The Morgan fingerprint density at radius 3 is 2.66 bits per heavy atom. The lowest BCUT2D eigenvalue weighted by molar-refractivity contribution is -0.118. The van der Waals surface area contributed by atoms with Crippen molar-refractivity contribution in [1.82, 2.24) is 0 Å². The molecule has 0 aliphatic heterocycles. The van der Waals surface area contributed by atoms with Crippen molar-refractivity contribution in [3.8, 4) is 23.3 Å². The van der Waals surface area contributed by atoms with Gasteiger partial charge in [0.05, 0.1) is 18.7 Å². The highest BCUT2D eigenvalue weighted by Gasteiger charge is 2.09. The molecule has 1 N–H and O–H groups in total. The predicted octanol–water partition coefficient (Wildman–Crippen LogP) is 4.89. The van der Waals surface area contributed by atoms with E-state index in [2.05, 4.69) is 18.0 Å². The Morgan fingerprint density at radius 2 is 1.88 bits per heavy atom. The minimum absolute atomic E-state index is 0.163. The average Bonchev–Trinajstić information content (AvgIpc) is 2.82. The monoisotopic (exact) mass is 428 g/mol. The number of benzene rings is 3. The third-order valence-electron chi connectivity index (χ3n) is 4.55. The van der Waals surface area contributed by atoms with Crippen LogP contribution in [0.3, 0.4) is 0 Å². The van der Waals surface area contributed by atoms with Gasteiger partial charge >= 0.3 is 0 Å². The number of anilines is 1. The third-order valence-corrected chi connectivity index (χ3v) is 4.55. The Bertz CT molecular complexity index is 1130. The van der Waals surface area contributed by atoms with E-state index in [0.29, 0.717) is 35.1 Å². The molecule has 0 bridgehead atoms. The van der Waals surface area contributed by atoms with Crippen molar-refractivity contribution in [1.29, 1.82) is 5.26 Å².